The van der Waals surface area contributed by atoms with E-state index in [4.69, 9.17) is 12.2 Å². The summed E-state index contributed by atoms with van der Waals surface area (Å²) in [6.07, 6.45) is 1.84. The topological polar surface area (TPSA) is 33.1 Å². The Morgan fingerprint density at radius 3 is 2.64 bits per heavy atom. The van der Waals surface area contributed by atoms with Crippen LogP contribution in [0.25, 0.3) is 5.69 Å². The summed E-state index contributed by atoms with van der Waals surface area (Å²) in [5.41, 5.74) is 5.88. The molecule has 1 fully saturated rings. The molecule has 4 nitrogen and oxygen atoms in total. The van der Waals surface area contributed by atoms with E-state index < -0.39 is 0 Å². The Balaban J connectivity index is 1.84. The van der Waals surface area contributed by atoms with Gasteiger partial charge in [0, 0.05) is 34.3 Å². The zero-order valence-corrected chi connectivity index (χ0v) is 18.6. The van der Waals surface area contributed by atoms with Crippen LogP contribution in [0, 0.1) is 13.8 Å². The highest BCUT2D eigenvalue weighted by molar-refractivity contribution is 9.10. The third kappa shape index (κ3) is 3.25. The number of halogens is 1. The van der Waals surface area contributed by atoms with Gasteiger partial charge in [0.2, 0.25) is 0 Å². The fraction of sp³-hybridized carbons (Fsp3) is 0.273. The van der Waals surface area contributed by atoms with Crippen molar-refractivity contribution in [2.45, 2.75) is 32.9 Å². The maximum Gasteiger partial charge on any atom is 0.170 e. The Labute approximate surface area is 179 Å². The Bertz CT molecular complexity index is 1010. The van der Waals surface area contributed by atoms with Crippen molar-refractivity contribution in [2.75, 3.05) is 6.54 Å². The Kier molecular flexibility index (Phi) is 5.25. The van der Waals surface area contributed by atoms with Crippen LogP contribution in [0.15, 0.2) is 59.2 Å². The zero-order chi connectivity index (χ0) is 19.8. The predicted molar refractivity (Wildman–Crippen MR) is 121 cm³/mol. The second-order valence-corrected chi connectivity index (χ2v) is 8.36. The van der Waals surface area contributed by atoms with Crippen LogP contribution in [0.1, 0.15) is 41.7 Å². The fourth-order valence-electron chi connectivity index (χ4n) is 4.18. The van der Waals surface area contributed by atoms with Crippen LogP contribution in [-0.4, -0.2) is 26.1 Å². The fourth-order valence-corrected chi connectivity index (χ4v) is 4.94. The van der Waals surface area contributed by atoms with E-state index in [2.05, 4.69) is 86.8 Å². The molecule has 0 bridgehead atoms. The summed E-state index contributed by atoms with van der Waals surface area (Å²) in [6.45, 7) is 7.34. The van der Waals surface area contributed by atoms with Gasteiger partial charge in [-0.05, 0) is 75.0 Å². The molecule has 0 amide bonds. The van der Waals surface area contributed by atoms with Crippen LogP contribution in [0.3, 0.4) is 0 Å². The highest BCUT2D eigenvalue weighted by atomic mass is 79.9. The maximum absolute atomic E-state index is 5.66. The molecule has 0 aliphatic carbocycles. The van der Waals surface area contributed by atoms with E-state index in [0.29, 0.717) is 0 Å². The first kappa shape index (κ1) is 19.2. The summed E-state index contributed by atoms with van der Waals surface area (Å²) in [7, 11) is 0. The predicted octanol–water partition coefficient (Wildman–Crippen LogP) is 5.24. The lowest BCUT2D eigenvalue weighted by molar-refractivity contribution is 0.329. The lowest BCUT2D eigenvalue weighted by atomic mass is 9.97. The monoisotopic (exact) mass is 454 g/mol. The summed E-state index contributed by atoms with van der Waals surface area (Å²) in [4.78, 5) is 6.87. The van der Waals surface area contributed by atoms with E-state index >= 15 is 0 Å². The number of nitrogens with one attached hydrogen (secondary N) is 1. The molecule has 0 unspecified atom stereocenters. The molecule has 1 aliphatic heterocycles. The van der Waals surface area contributed by atoms with Crippen molar-refractivity contribution >= 4 is 33.3 Å². The second kappa shape index (κ2) is 7.68. The van der Waals surface area contributed by atoms with Crippen molar-refractivity contribution in [3.63, 3.8) is 0 Å². The lowest BCUT2D eigenvalue weighted by Gasteiger charge is -2.27. The molecule has 1 saturated heterocycles. The first-order valence-electron chi connectivity index (χ1n) is 9.44. The molecule has 2 atom stereocenters. The number of thiocarbonyl (C=S) groups is 1. The summed E-state index contributed by atoms with van der Waals surface area (Å²) >= 11 is 9.25. The van der Waals surface area contributed by atoms with E-state index in [0.717, 1.165) is 27.5 Å². The number of rotatable bonds is 4. The van der Waals surface area contributed by atoms with E-state index in [-0.39, 0.29) is 12.1 Å². The molecule has 2 aromatic heterocycles. The van der Waals surface area contributed by atoms with Gasteiger partial charge in [-0.3, -0.25) is 4.98 Å². The molecule has 1 aromatic carbocycles. The number of likely N-dealkylation sites (N-methyl/N-ethyl adjacent to an activating group) is 1. The van der Waals surface area contributed by atoms with Crippen LogP contribution in [0.5, 0.6) is 0 Å². The standard InChI is InChI=1S/C22H23BrN4S/c1-4-26-21(20(25-22(26)28)19-10-5-6-11-24-19)18-12-14(2)27(15(18)3)17-9-7-8-16(23)13-17/h5-13,20-21H,4H2,1-3H3,(H,25,28)/t20-,21+/m0/s1. The number of nitrogens with zero attached hydrogens (tertiary/aromatic N) is 3. The van der Waals surface area contributed by atoms with Crippen LogP contribution in [0.2, 0.25) is 0 Å². The van der Waals surface area contributed by atoms with Crippen molar-refractivity contribution in [3.8, 4) is 5.69 Å². The van der Waals surface area contributed by atoms with Gasteiger partial charge >= 0.3 is 0 Å². The molecule has 0 spiro atoms. The number of aromatic nitrogens is 2. The molecule has 0 radical (unpaired) electrons. The first-order valence-corrected chi connectivity index (χ1v) is 10.6. The van der Waals surface area contributed by atoms with Crippen molar-refractivity contribution in [2.24, 2.45) is 0 Å². The van der Waals surface area contributed by atoms with Crippen molar-refractivity contribution in [1.29, 1.82) is 0 Å². The lowest BCUT2D eigenvalue weighted by Crippen LogP contribution is -2.29. The first-order chi connectivity index (χ1) is 13.5. The highest BCUT2D eigenvalue weighted by Gasteiger charge is 2.40. The van der Waals surface area contributed by atoms with Crippen LogP contribution in [0.4, 0.5) is 0 Å². The molecular formula is C22H23BrN4S. The zero-order valence-electron chi connectivity index (χ0n) is 16.2. The molecule has 28 heavy (non-hydrogen) atoms. The molecule has 0 saturated carbocycles. The number of hydrogen-bond acceptors (Lipinski definition) is 2. The third-order valence-electron chi connectivity index (χ3n) is 5.39. The molecule has 1 N–H and O–H groups in total. The van der Waals surface area contributed by atoms with Gasteiger partial charge in [0.1, 0.15) is 0 Å². The van der Waals surface area contributed by atoms with Crippen LogP contribution < -0.4 is 5.32 Å². The van der Waals surface area contributed by atoms with Gasteiger partial charge in [0.15, 0.2) is 5.11 Å². The Morgan fingerprint density at radius 2 is 1.96 bits per heavy atom. The van der Waals surface area contributed by atoms with Crippen molar-refractivity contribution in [3.05, 3.63) is 81.8 Å². The van der Waals surface area contributed by atoms with Gasteiger partial charge in [-0.25, -0.2) is 0 Å². The summed E-state index contributed by atoms with van der Waals surface area (Å²) in [6, 6.07) is 16.9. The third-order valence-corrected chi connectivity index (χ3v) is 6.24. The summed E-state index contributed by atoms with van der Waals surface area (Å²) in [5, 5.41) is 4.29. The number of hydrogen-bond donors (Lipinski definition) is 1. The molecular weight excluding hydrogens is 432 g/mol. The quantitative estimate of drug-likeness (QED) is 0.546. The van der Waals surface area contributed by atoms with Crippen LogP contribution >= 0.6 is 28.1 Å². The van der Waals surface area contributed by atoms with Crippen molar-refractivity contribution < 1.29 is 0 Å². The van der Waals surface area contributed by atoms with Gasteiger partial charge < -0.3 is 14.8 Å². The van der Waals surface area contributed by atoms with E-state index in [1.165, 1.54) is 17.0 Å². The smallest absolute Gasteiger partial charge is 0.170 e. The van der Waals surface area contributed by atoms with E-state index in [1.54, 1.807) is 0 Å². The minimum Gasteiger partial charge on any atom is -0.352 e. The molecule has 4 rings (SSSR count). The van der Waals surface area contributed by atoms with Gasteiger partial charge in [-0.2, -0.15) is 0 Å². The largest absolute Gasteiger partial charge is 0.352 e. The molecule has 6 heteroatoms. The number of pyridine rings is 1. The second-order valence-electron chi connectivity index (χ2n) is 7.05. The summed E-state index contributed by atoms with van der Waals surface area (Å²) < 4.78 is 3.38. The number of aryl methyl sites for hydroxylation is 1. The van der Waals surface area contributed by atoms with Crippen molar-refractivity contribution in [1.82, 2.24) is 19.8 Å². The Morgan fingerprint density at radius 1 is 1.14 bits per heavy atom. The van der Waals surface area contributed by atoms with Gasteiger partial charge in [0.25, 0.3) is 0 Å². The van der Waals surface area contributed by atoms with E-state index in [9.17, 15) is 0 Å². The Hall–Kier alpha value is -2.18. The van der Waals surface area contributed by atoms with Crippen LogP contribution in [-0.2, 0) is 0 Å². The highest BCUT2D eigenvalue weighted by Crippen LogP contribution is 2.41. The molecule has 3 heterocycles. The minimum absolute atomic E-state index is 0.0325. The SMILES string of the molecule is CCN1C(=S)N[C@@H](c2ccccn2)[C@H]1c1cc(C)n(-c2cccc(Br)c2)c1C. The molecule has 1 aliphatic rings. The summed E-state index contributed by atoms with van der Waals surface area (Å²) in [5.74, 6) is 0. The normalized spacial score (nSPS) is 19.1. The average Bonchev–Trinajstić information content (AvgIpc) is 3.17. The van der Waals surface area contributed by atoms with Gasteiger partial charge in [0.05, 0.1) is 17.8 Å². The molecule has 144 valence electrons. The number of benzene rings is 1. The van der Waals surface area contributed by atoms with E-state index in [1.807, 2.05) is 24.4 Å². The van der Waals surface area contributed by atoms with Gasteiger partial charge in [-0.1, -0.05) is 28.1 Å². The maximum atomic E-state index is 5.66. The van der Waals surface area contributed by atoms with Gasteiger partial charge in [-0.15, -0.1) is 0 Å². The minimum atomic E-state index is 0.0325. The molecule has 3 aromatic rings. The average molecular weight is 455 g/mol.